The van der Waals surface area contributed by atoms with Gasteiger partial charge in [-0.2, -0.15) is 0 Å². The number of hydrogen-bond acceptors (Lipinski definition) is 4. The zero-order valence-corrected chi connectivity index (χ0v) is 17.2. The van der Waals surface area contributed by atoms with Crippen LogP contribution in [0.3, 0.4) is 0 Å². The van der Waals surface area contributed by atoms with Gasteiger partial charge in [0.2, 0.25) is 0 Å². The molecule has 6 heteroatoms. The van der Waals surface area contributed by atoms with Gasteiger partial charge >= 0.3 is 0 Å². The van der Waals surface area contributed by atoms with Crippen molar-refractivity contribution >= 4 is 15.7 Å². The Bertz CT molecular complexity index is 894. The third kappa shape index (κ3) is 4.93. The number of amides is 1. The predicted molar refractivity (Wildman–Crippen MR) is 111 cm³/mol. The summed E-state index contributed by atoms with van der Waals surface area (Å²) in [6.45, 7) is 4.25. The van der Waals surface area contributed by atoms with Gasteiger partial charge in [-0.25, -0.2) is 8.42 Å². The fraction of sp³-hybridized carbons (Fsp3) is 0.409. The number of rotatable bonds is 7. The summed E-state index contributed by atoms with van der Waals surface area (Å²) in [5, 5.41) is 0. The van der Waals surface area contributed by atoms with E-state index in [9.17, 15) is 13.2 Å². The van der Waals surface area contributed by atoms with E-state index in [0.717, 1.165) is 17.5 Å². The van der Waals surface area contributed by atoms with Crippen LogP contribution in [0.25, 0.3) is 11.1 Å². The van der Waals surface area contributed by atoms with E-state index in [4.69, 9.17) is 4.74 Å². The Hall–Kier alpha value is -2.34. The summed E-state index contributed by atoms with van der Waals surface area (Å²) in [4.78, 5) is 14.6. The lowest BCUT2D eigenvalue weighted by Gasteiger charge is -2.30. The molecule has 0 saturated carbocycles. The van der Waals surface area contributed by atoms with Crippen LogP contribution in [-0.4, -0.2) is 49.4 Å². The molecule has 1 amide bonds. The average molecular weight is 402 g/mol. The highest BCUT2D eigenvalue weighted by Gasteiger charge is 2.36. The first kappa shape index (κ1) is 20.4. The summed E-state index contributed by atoms with van der Waals surface area (Å²) >= 11 is 0. The molecule has 0 bridgehead atoms. The molecule has 1 saturated heterocycles. The smallest absolute Gasteiger partial charge is 0.263 e. The highest BCUT2D eigenvalue weighted by Crippen LogP contribution is 2.24. The van der Waals surface area contributed by atoms with Crippen LogP contribution in [0.15, 0.2) is 54.6 Å². The molecule has 0 aliphatic carbocycles. The maximum atomic E-state index is 12.9. The number of carbonyl (C=O) groups excluding carboxylic acids is 1. The van der Waals surface area contributed by atoms with Crippen LogP contribution in [0.4, 0.5) is 0 Å². The SMILES string of the molecule is CCCN(C(=O)C(C)Oc1ccc(-c2ccccc2)cc1)C1CCS(=O)(=O)C1. The highest BCUT2D eigenvalue weighted by molar-refractivity contribution is 7.91. The molecule has 2 aromatic carbocycles. The summed E-state index contributed by atoms with van der Waals surface area (Å²) in [5.41, 5.74) is 2.20. The fourth-order valence-electron chi connectivity index (χ4n) is 3.58. The van der Waals surface area contributed by atoms with Gasteiger partial charge in [-0.1, -0.05) is 49.4 Å². The normalized spacial score (nSPS) is 19.1. The molecule has 0 N–H and O–H groups in total. The maximum Gasteiger partial charge on any atom is 0.263 e. The first-order chi connectivity index (χ1) is 13.4. The molecule has 5 nitrogen and oxygen atoms in total. The molecule has 0 spiro atoms. The van der Waals surface area contributed by atoms with Crippen LogP contribution in [0.2, 0.25) is 0 Å². The minimum Gasteiger partial charge on any atom is -0.481 e. The van der Waals surface area contributed by atoms with Gasteiger partial charge in [-0.15, -0.1) is 0 Å². The molecule has 1 aliphatic heterocycles. The molecule has 1 aliphatic rings. The lowest BCUT2D eigenvalue weighted by atomic mass is 10.1. The zero-order chi connectivity index (χ0) is 20.1. The monoisotopic (exact) mass is 401 g/mol. The van der Waals surface area contributed by atoms with Gasteiger partial charge in [0.25, 0.3) is 5.91 Å². The Morgan fingerprint density at radius 2 is 1.75 bits per heavy atom. The van der Waals surface area contributed by atoms with Crippen LogP contribution >= 0.6 is 0 Å². The van der Waals surface area contributed by atoms with Crippen molar-refractivity contribution in [2.45, 2.75) is 38.8 Å². The van der Waals surface area contributed by atoms with Crippen LogP contribution in [0, 0.1) is 0 Å². The first-order valence-electron chi connectivity index (χ1n) is 9.72. The van der Waals surface area contributed by atoms with Gasteiger partial charge in [-0.3, -0.25) is 4.79 Å². The molecular formula is C22H27NO4S. The van der Waals surface area contributed by atoms with Crippen molar-refractivity contribution < 1.29 is 17.9 Å². The van der Waals surface area contributed by atoms with Crippen LogP contribution < -0.4 is 4.74 Å². The molecule has 2 unspecified atom stereocenters. The van der Waals surface area contributed by atoms with Crippen molar-refractivity contribution in [3.8, 4) is 16.9 Å². The quantitative estimate of drug-likeness (QED) is 0.712. The molecule has 0 radical (unpaired) electrons. The molecular weight excluding hydrogens is 374 g/mol. The predicted octanol–water partition coefficient (Wildman–Crippen LogP) is 3.55. The highest BCUT2D eigenvalue weighted by atomic mass is 32.2. The van der Waals surface area contributed by atoms with E-state index >= 15 is 0 Å². The van der Waals surface area contributed by atoms with Crippen LogP contribution in [0.1, 0.15) is 26.7 Å². The summed E-state index contributed by atoms with van der Waals surface area (Å²) < 4.78 is 29.5. The van der Waals surface area contributed by atoms with E-state index in [1.807, 2.05) is 61.5 Å². The first-order valence-corrected chi connectivity index (χ1v) is 11.5. The summed E-state index contributed by atoms with van der Waals surface area (Å²) in [5.74, 6) is 0.672. The van der Waals surface area contributed by atoms with Crippen molar-refractivity contribution in [3.05, 3.63) is 54.6 Å². The van der Waals surface area contributed by atoms with Crippen molar-refractivity contribution in [3.63, 3.8) is 0 Å². The van der Waals surface area contributed by atoms with Crippen LogP contribution in [-0.2, 0) is 14.6 Å². The van der Waals surface area contributed by atoms with Gasteiger partial charge in [0, 0.05) is 12.6 Å². The van der Waals surface area contributed by atoms with Crippen molar-refractivity contribution in [2.75, 3.05) is 18.1 Å². The molecule has 28 heavy (non-hydrogen) atoms. The second-order valence-corrected chi connectivity index (χ2v) is 9.47. The molecule has 3 rings (SSSR count). The number of nitrogens with zero attached hydrogens (tertiary/aromatic N) is 1. The van der Waals surface area contributed by atoms with E-state index in [1.54, 1.807) is 11.8 Å². The number of hydrogen-bond donors (Lipinski definition) is 0. The second-order valence-electron chi connectivity index (χ2n) is 7.24. The Morgan fingerprint density at radius 3 is 2.32 bits per heavy atom. The summed E-state index contributed by atoms with van der Waals surface area (Å²) in [7, 11) is -3.04. The van der Waals surface area contributed by atoms with E-state index < -0.39 is 15.9 Å². The minimum absolute atomic E-state index is 0.0528. The number of benzene rings is 2. The van der Waals surface area contributed by atoms with Gasteiger partial charge in [0.05, 0.1) is 11.5 Å². The molecule has 2 atom stereocenters. The van der Waals surface area contributed by atoms with Gasteiger partial charge in [0.1, 0.15) is 5.75 Å². The lowest BCUT2D eigenvalue weighted by molar-refractivity contribution is -0.139. The Kier molecular flexibility index (Phi) is 6.39. The van der Waals surface area contributed by atoms with Gasteiger partial charge < -0.3 is 9.64 Å². The summed E-state index contributed by atoms with van der Waals surface area (Å²) in [6, 6.07) is 17.4. The van der Waals surface area contributed by atoms with E-state index in [0.29, 0.717) is 18.7 Å². The summed E-state index contributed by atoms with van der Waals surface area (Å²) in [6.07, 6.45) is 0.616. The Labute approximate surface area is 167 Å². The number of ether oxygens (including phenoxy) is 1. The minimum atomic E-state index is -3.04. The Morgan fingerprint density at radius 1 is 1.11 bits per heavy atom. The molecule has 2 aromatic rings. The number of sulfone groups is 1. The third-order valence-corrected chi connectivity index (χ3v) is 6.77. The van der Waals surface area contributed by atoms with Crippen molar-refractivity contribution in [1.82, 2.24) is 4.90 Å². The second kappa shape index (κ2) is 8.78. The Balaban J connectivity index is 1.67. The molecule has 1 fully saturated rings. The van der Waals surface area contributed by atoms with Crippen molar-refractivity contribution in [1.29, 1.82) is 0 Å². The lowest BCUT2D eigenvalue weighted by Crippen LogP contribution is -2.47. The molecule has 150 valence electrons. The fourth-order valence-corrected chi connectivity index (χ4v) is 5.31. The van der Waals surface area contributed by atoms with E-state index in [-0.39, 0.29) is 23.5 Å². The topological polar surface area (TPSA) is 63.7 Å². The number of carbonyl (C=O) groups is 1. The molecule has 1 heterocycles. The third-order valence-electron chi connectivity index (χ3n) is 5.02. The van der Waals surface area contributed by atoms with Gasteiger partial charge in [0.15, 0.2) is 15.9 Å². The van der Waals surface area contributed by atoms with Crippen LogP contribution in [0.5, 0.6) is 5.75 Å². The van der Waals surface area contributed by atoms with E-state index in [1.165, 1.54) is 0 Å². The maximum absolute atomic E-state index is 12.9. The zero-order valence-electron chi connectivity index (χ0n) is 16.4. The molecule has 0 aromatic heterocycles. The van der Waals surface area contributed by atoms with E-state index in [2.05, 4.69) is 0 Å². The van der Waals surface area contributed by atoms with Crippen molar-refractivity contribution in [2.24, 2.45) is 0 Å². The average Bonchev–Trinajstić information content (AvgIpc) is 3.06. The van der Waals surface area contributed by atoms with Gasteiger partial charge in [-0.05, 0) is 43.0 Å². The largest absolute Gasteiger partial charge is 0.481 e. The standard InChI is InChI=1S/C22H27NO4S/c1-3-14-23(20-13-15-28(25,26)16-20)22(24)17(2)27-21-11-9-19(10-12-21)18-7-5-4-6-8-18/h4-12,17,20H,3,13-16H2,1-2H3.